The Labute approximate surface area is 661 Å². The summed E-state index contributed by atoms with van der Waals surface area (Å²) in [6, 6.07) is 74.5. The Bertz CT molecular complexity index is 6180. The van der Waals surface area contributed by atoms with Crippen LogP contribution in [-0.2, 0) is 38.5 Å². The molecule has 6 aromatic carbocycles. The minimum absolute atomic E-state index is 0.247. The lowest BCUT2D eigenvalue weighted by Gasteiger charge is -2.11. The third-order valence-corrected chi connectivity index (χ3v) is 21.8. The van der Waals surface area contributed by atoms with Crippen LogP contribution in [0.4, 0.5) is 0 Å². The van der Waals surface area contributed by atoms with E-state index in [9.17, 15) is 9.90 Å². The quantitative estimate of drug-likeness (QED) is 0.0964. The molecule has 15 nitrogen and oxygen atoms in total. The number of ketones is 1. The molecule has 15 heteroatoms. The van der Waals surface area contributed by atoms with Gasteiger partial charge in [0.1, 0.15) is 0 Å². The molecule has 552 valence electrons. The Morgan fingerprint density at radius 3 is 1.22 bits per heavy atom. The molecule has 0 radical (unpaired) electrons. The number of fused-ring (bicyclic) bond motifs is 6. The molecule has 0 saturated carbocycles. The first-order valence-corrected chi connectivity index (χ1v) is 38.6. The van der Waals surface area contributed by atoms with E-state index < -0.39 is 0 Å². The van der Waals surface area contributed by atoms with E-state index in [-0.39, 0.29) is 11.9 Å². The Morgan fingerprint density at radius 1 is 0.307 bits per heavy atom. The van der Waals surface area contributed by atoms with Crippen LogP contribution in [-0.4, -0.2) is 76.6 Å². The SMILES string of the molecule is CC1=CCc2cc(-c3ncccc3-c3ccncc3)ccc21.O/N=C1/CCc2cc(-c3ncccc3-c3ccncc3)ccc21.O=C1CCc2cc(-c3ncccc3-c3ccncc3)ccc21.OC1CCc2cc(-c3ncccc3-c3ccncc3)ccc21.c1cnc(-c2ccc3c(c2)CCC3)c(-c2ccc3nccnc3c2)c1. The summed E-state index contributed by atoms with van der Waals surface area (Å²) in [4.78, 5) is 60.0. The predicted octanol–water partition coefficient (Wildman–Crippen LogP) is 21.3. The van der Waals surface area contributed by atoms with Gasteiger partial charge in [0.15, 0.2) is 5.78 Å². The third-order valence-electron chi connectivity index (χ3n) is 21.8. The smallest absolute Gasteiger partial charge is 0.163 e. The molecular formula is C99H78N12O3. The van der Waals surface area contributed by atoms with Crippen molar-refractivity contribution in [3.8, 4) is 112 Å². The first-order valence-electron chi connectivity index (χ1n) is 38.6. The number of Topliss-reactive ketones (excluding diaryl/α,β-unsaturated/α-hetero) is 1. The van der Waals surface area contributed by atoms with E-state index in [4.69, 9.17) is 10.2 Å². The van der Waals surface area contributed by atoms with Crippen molar-refractivity contribution in [2.45, 2.75) is 77.2 Å². The molecule has 16 aromatic rings. The van der Waals surface area contributed by atoms with E-state index in [0.29, 0.717) is 6.42 Å². The zero-order valence-electron chi connectivity index (χ0n) is 62.8. The Hall–Kier alpha value is -14.2. The van der Waals surface area contributed by atoms with E-state index in [2.05, 4.69) is 171 Å². The number of hydrogen-bond donors (Lipinski definition) is 2. The first-order chi connectivity index (χ1) is 56.2. The molecule has 5 aliphatic carbocycles. The summed E-state index contributed by atoms with van der Waals surface area (Å²) in [6.45, 7) is 2.18. The van der Waals surface area contributed by atoms with Gasteiger partial charge < -0.3 is 10.3 Å². The minimum Gasteiger partial charge on any atom is -0.411 e. The maximum atomic E-state index is 11.8. The zero-order chi connectivity index (χ0) is 77.1. The van der Waals surface area contributed by atoms with E-state index >= 15 is 0 Å². The number of aliphatic hydroxyl groups excluding tert-OH is 1. The number of aryl methyl sites for hydroxylation is 5. The molecule has 1 unspecified atom stereocenters. The number of pyridine rings is 9. The second kappa shape index (κ2) is 33.6. The number of rotatable bonds is 10. The fourth-order valence-corrected chi connectivity index (χ4v) is 16.1. The molecule has 5 aliphatic rings. The van der Waals surface area contributed by atoms with E-state index in [1.54, 1.807) is 55.8 Å². The number of hydrogen-bond acceptors (Lipinski definition) is 15. The van der Waals surface area contributed by atoms with Gasteiger partial charge in [-0.25, -0.2) is 0 Å². The van der Waals surface area contributed by atoms with Crippen molar-refractivity contribution in [3.63, 3.8) is 0 Å². The molecular weight excluding hydrogens is 1410 g/mol. The van der Waals surface area contributed by atoms with Crippen molar-refractivity contribution in [2.24, 2.45) is 5.16 Å². The summed E-state index contributed by atoms with van der Waals surface area (Å²) < 4.78 is 0. The number of carbonyl (C=O) groups is 1. The fourth-order valence-electron chi connectivity index (χ4n) is 16.1. The van der Waals surface area contributed by atoms with Crippen molar-refractivity contribution in [1.29, 1.82) is 0 Å². The lowest BCUT2D eigenvalue weighted by molar-refractivity contribution is 0.0994. The molecule has 0 spiro atoms. The highest BCUT2D eigenvalue weighted by molar-refractivity contribution is 6.05. The Kier molecular flexibility index (Phi) is 21.4. The van der Waals surface area contributed by atoms with Crippen molar-refractivity contribution in [2.75, 3.05) is 0 Å². The number of allylic oxidation sites excluding steroid dienone is 2. The highest BCUT2D eigenvalue weighted by atomic mass is 16.4. The van der Waals surface area contributed by atoms with E-state index in [1.807, 2.05) is 152 Å². The normalized spacial score (nSPS) is 14.1. The first kappa shape index (κ1) is 72.7. The molecule has 2 N–H and O–H groups in total. The highest BCUT2D eigenvalue weighted by Crippen LogP contribution is 2.41. The molecule has 0 bridgehead atoms. The number of aromatic nitrogens is 11. The highest BCUT2D eigenvalue weighted by Gasteiger charge is 2.25. The largest absolute Gasteiger partial charge is 0.411 e. The van der Waals surface area contributed by atoms with Gasteiger partial charge in [-0.15, -0.1) is 0 Å². The maximum Gasteiger partial charge on any atom is 0.163 e. The lowest BCUT2D eigenvalue weighted by atomic mass is 9.96. The molecule has 10 heterocycles. The van der Waals surface area contributed by atoms with Crippen molar-refractivity contribution >= 4 is 28.1 Å². The lowest BCUT2D eigenvalue weighted by Crippen LogP contribution is -1.95. The van der Waals surface area contributed by atoms with Gasteiger partial charge in [-0.3, -0.25) is 59.6 Å². The molecule has 10 aromatic heterocycles. The summed E-state index contributed by atoms with van der Waals surface area (Å²) in [6.07, 6.45) is 38.5. The molecule has 0 amide bonds. The van der Waals surface area contributed by atoms with Crippen LogP contribution in [0.3, 0.4) is 0 Å². The number of oxime groups is 1. The van der Waals surface area contributed by atoms with Gasteiger partial charge in [-0.05, 0) is 264 Å². The number of aliphatic hydroxyl groups is 1. The molecule has 21 rings (SSSR count). The Balaban J connectivity index is 0.000000103. The van der Waals surface area contributed by atoms with Crippen LogP contribution in [0.5, 0.6) is 0 Å². The van der Waals surface area contributed by atoms with Gasteiger partial charge in [-0.2, -0.15) is 0 Å². The zero-order valence-corrected chi connectivity index (χ0v) is 62.8. The second-order valence-corrected chi connectivity index (χ2v) is 28.7. The van der Waals surface area contributed by atoms with Gasteiger partial charge in [0.25, 0.3) is 0 Å². The summed E-state index contributed by atoms with van der Waals surface area (Å²) in [5, 5.41) is 22.4. The monoisotopic (exact) mass is 1480 g/mol. The van der Waals surface area contributed by atoms with Crippen LogP contribution < -0.4 is 0 Å². The summed E-state index contributed by atoms with van der Waals surface area (Å²) >= 11 is 0. The summed E-state index contributed by atoms with van der Waals surface area (Å²) in [5.41, 5.74) is 37.8. The van der Waals surface area contributed by atoms with Crippen LogP contribution >= 0.6 is 0 Å². The number of carbonyl (C=O) groups excluding carboxylic acids is 1. The molecule has 0 aliphatic heterocycles. The number of nitrogens with zero attached hydrogens (tertiary/aromatic N) is 12. The van der Waals surface area contributed by atoms with E-state index in [1.165, 1.54) is 69.3 Å². The average molecular weight is 1480 g/mol. The predicted molar refractivity (Wildman–Crippen MR) is 452 cm³/mol. The van der Waals surface area contributed by atoms with Gasteiger partial charge in [0.2, 0.25) is 0 Å². The minimum atomic E-state index is -0.313. The van der Waals surface area contributed by atoms with Gasteiger partial charge in [0.05, 0.1) is 51.3 Å². The van der Waals surface area contributed by atoms with Crippen LogP contribution in [0, 0.1) is 0 Å². The van der Waals surface area contributed by atoms with Gasteiger partial charge in [-0.1, -0.05) is 108 Å². The van der Waals surface area contributed by atoms with Gasteiger partial charge in [0, 0.05) is 166 Å². The topological polar surface area (TPSA) is 212 Å². The fraction of sp³-hybridized carbons (Fsp3) is 0.121. The second-order valence-electron chi connectivity index (χ2n) is 28.7. The van der Waals surface area contributed by atoms with Crippen LogP contribution in [0.1, 0.15) is 99.1 Å². The van der Waals surface area contributed by atoms with Crippen LogP contribution in [0.25, 0.3) is 129 Å². The van der Waals surface area contributed by atoms with E-state index in [0.717, 1.165) is 178 Å². The summed E-state index contributed by atoms with van der Waals surface area (Å²) in [7, 11) is 0. The molecule has 1 atom stereocenters. The molecule has 0 saturated heterocycles. The van der Waals surface area contributed by atoms with Crippen LogP contribution in [0.2, 0.25) is 0 Å². The van der Waals surface area contributed by atoms with Crippen molar-refractivity contribution < 1.29 is 15.1 Å². The van der Waals surface area contributed by atoms with Crippen LogP contribution in [0.15, 0.2) is 323 Å². The molecule has 114 heavy (non-hydrogen) atoms. The average Bonchev–Trinajstić information content (AvgIpc) is 1.61. The standard InChI is InChI=1S/C22H17N3.C20H16N2.C19H15N3O.C19H16N2O.C19H14N2O/c1-3-15-6-7-18(13-16(15)4-1)22-19(5-2-10-25-22)17-8-9-20-21(14-17)24-12-11-23-20;1-14-4-5-16-13-17(6-7-18(14)16)20-19(3-2-10-22-20)15-8-11-21-12-9-15;23-22-18-6-4-14-12-15(3-5-16(14)18)19-17(2-1-9-21-19)13-7-10-20-11-8-13;2*22-18-6-4-14-12-15(3-5-16(14)18)19-17(2-1-9-21-19)13-7-10-20-11-8-13/h2,5-14H,1,3-4H2;2-4,6-13H,5H2,1H3;1-3,5,7-12,23H,4,6H2;1-3,5,7-12,18,22H,4,6H2;1-3,5,7-12H,4,6H2/b;;22-18-;;. The van der Waals surface area contributed by atoms with Gasteiger partial charge >= 0.3 is 0 Å². The Morgan fingerprint density at radius 2 is 0.711 bits per heavy atom. The number of benzene rings is 6. The maximum absolute atomic E-state index is 11.8. The van der Waals surface area contributed by atoms with Crippen molar-refractivity contribution in [1.82, 2.24) is 54.8 Å². The molecule has 0 fully saturated rings. The van der Waals surface area contributed by atoms with Crippen molar-refractivity contribution in [3.05, 3.63) is 373 Å². The third kappa shape index (κ3) is 15.7. The summed E-state index contributed by atoms with van der Waals surface area (Å²) in [5.74, 6) is 0.247.